The van der Waals surface area contributed by atoms with Crippen LogP contribution in [0.4, 0.5) is 0 Å². The number of carbonyl (C=O) groups excluding carboxylic acids is 3. The van der Waals surface area contributed by atoms with Gasteiger partial charge in [-0.15, -0.1) is 11.8 Å². The highest BCUT2D eigenvalue weighted by Gasteiger charge is 2.61. The molecular formula is C47H57N3O12S. The molecular weight excluding hydrogens is 831 g/mol. The van der Waals surface area contributed by atoms with Crippen molar-refractivity contribution >= 4 is 29.7 Å². The number of benzene rings is 3. The molecule has 7 heterocycles. The summed E-state index contributed by atoms with van der Waals surface area (Å²) >= 11 is 1.47. The van der Waals surface area contributed by atoms with Crippen LogP contribution in [-0.2, 0) is 37.5 Å². The fourth-order valence-electron chi connectivity index (χ4n) is 11.1. The summed E-state index contributed by atoms with van der Waals surface area (Å²) in [6, 6.07) is 3.29. The number of nitrogens with one attached hydrogen (secondary N) is 1. The van der Waals surface area contributed by atoms with Crippen LogP contribution in [0.2, 0.25) is 0 Å². The number of phenols is 1. The van der Waals surface area contributed by atoms with Crippen molar-refractivity contribution in [2.45, 2.75) is 120 Å². The second kappa shape index (κ2) is 17.0. The van der Waals surface area contributed by atoms with Crippen molar-refractivity contribution in [3.8, 4) is 40.2 Å². The van der Waals surface area contributed by atoms with Crippen molar-refractivity contribution in [2.75, 3.05) is 47.0 Å². The van der Waals surface area contributed by atoms with Gasteiger partial charge in [-0.3, -0.25) is 24.7 Å². The van der Waals surface area contributed by atoms with E-state index in [9.17, 15) is 19.8 Å². The molecule has 16 heteroatoms. The molecule has 0 saturated carbocycles. The van der Waals surface area contributed by atoms with Crippen LogP contribution in [0.5, 0.6) is 40.2 Å². The highest BCUT2D eigenvalue weighted by atomic mass is 32.2. The number of rotatable bonds is 10. The first kappa shape index (κ1) is 43.5. The van der Waals surface area contributed by atoms with Crippen LogP contribution in [0.1, 0.15) is 114 Å². The molecule has 0 aliphatic carbocycles. The number of aliphatic hydroxyl groups is 1. The third-order valence-electron chi connectivity index (χ3n) is 14.0. The molecule has 10 rings (SSSR count). The molecule has 1 spiro atoms. The third kappa shape index (κ3) is 6.98. The van der Waals surface area contributed by atoms with E-state index in [4.69, 9.17) is 33.2 Å². The van der Waals surface area contributed by atoms with Gasteiger partial charge in [0.15, 0.2) is 40.0 Å². The topological polar surface area (TPSA) is 175 Å². The summed E-state index contributed by atoms with van der Waals surface area (Å²) in [7, 11) is 5.01. The van der Waals surface area contributed by atoms with Crippen molar-refractivity contribution in [3.05, 3.63) is 62.7 Å². The largest absolute Gasteiger partial charge is 0.504 e. The Morgan fingerprint density at radius 1 is 0.952 bits per heavy atom. The number of esters is 3. The van der Waals surface area contributed by atoms with E-state index < -0.39 is 53.1 Å². The molecule has 15 nitrogen and oxygen atoms in total. The summed E-state index contributed by atoms with van der Waals surface area (Å²) in [5.41, 5.74) is 4.29. The van der Waals surface area contributed by atoms with Crippen LogP contribution in [0, 0.1) is 13.8 Å². The highest BCUT2D eigenvalue weighted by molar-refractivity contribution is 7.99. The summed E-state index contributed by atoms with van der Waals surface area (Å²) in [4.78, 5) is 45.3. The van der Waals surface area contributed by atoms with Crippen LogP contribution in [0.3, 0.4) is 0 Å². The van der Waals surface area contributed by atoms with Gasteiger partial charge in [-0.25, -0.2) is 4.79 Å². The standard InChI is InChI=1S/C47H57N3O12S/c1-8-9-10-11-12-13-33(52)62-32-18-26-14-15-48-47(28(26)19-31(32)56-6)21-63-44-36-35(43-42(59-22-60-43)24(3)41(36)61-25(4)51)30(20-58-46(47)55)50-38(44)37-34-27(17-29(45(50)54)49(37)5)16-23(2)40(57-7)39(34)53/h16,18-19,29-30,37-38,44-45,48,53-54H,8-15,17,20-22H2,1-7H3/t29-,30-,37?,38?,44+,45-,47+/m0/s1. The number of piperazine rings is 1. The van der Waals surface area contributed by atoms with E-state index in [1.165, 1.54) is 32.9 Å². The summed E-state index contributed by atoms with van der Waals surface area (Å²) in [5, 5.41) is 27.7. The lowest BCUT2D eigenvalue weighted by atomic mass is 9.73. The highest BCUT2D eigenvalue weighted by Crippen LogP contribution is 2.64. The number of nitrogens with zero attached hydrogens (tertiary/aromatic N) is 2. The summed E-state index contributed by atoms with van der Waals surface area (Å²) in [6.07, 6.45) is 5.21. The zero-order valence-corrected chi connectivity index (χ0v) is 37.8. The lowest BCUT2D eigenvalue weighted by Crippen LogP contribution is -2.70. The molecule has 7 atom stereocenters. The van der Waals surface area contributed by atoms with Gasteiger partial charge in [-0.2, -0.15) is 0 Å². The third-order valence-corrected chi connectivity index (χ3v) is 15.4. The molecule has 63 heavy (non-hydrogen) atoms. The van der Waals surface area contributed by atoms with Crippen molar-refractivity contribution in [1.29, 1.82) is 0 Å². The molecule has 3 N–H and O–H groups in total. The Labute approximate surface area is 371 Å². The monoisotopic (exact) mass is 887 g/mol. The summed E-state index contributed by atoms with van der Waals surface area (Å²) in [6.45, 7) is 7.37. The van der Waals surface area contributed by atoms with Crippen LogP contribution in [0.25, 0.3) is 0 Å². The first-order valence-corrected chi connectivity index (χ1v) is 23.1. The maximum absolute atomic E-state index is 15.0. The average molecular weight is 888 g/mol. The molecule has 7 aliphatic heterocycles. The maximum atomic E-state index is 15.0. The van der Waals surface area contributed by atoms with E-state index in [0.717, 1.165) is 48.8 Å². The number of hydrogen-bond donors (Lipinski definition) is 3. The normalized spacial score (nSPS) is 26.8. The minimum Gasteiger partial charge on any atom is -0.504 e. The molecule has 0 radical (unpaired) electrons. The maximum Gasteiger partial charge on any atom is 0.331 e. The van der Waals surface area contributed by atoms with Crippen LogP contribution < -0.4 is 33.7 Å². The molecule has 3 aromatic carbocycles. The number of aromatic hydroxyl groups is 1. The minimum absolute atomic E-state index is 0.0327. The first-order chi connectivity index (χ1) is 30.3. The van der Waals surface area contributed by atoms with Crippen LogP contribution >= 0.6 is 11.8 Å². The number of thioether (sulfide) groups is 1. The smallest absolute Gasteiger partial charge is 0.331 e. The number of hydrogen-bond acceptors (Lipinski definition) is 16. The number of carbonyl (C=O) groups is 3. The van der Waals surface area contributed by atoms with Gasteiger partial charge in [0.05, 0.1) is 37.6 Å². The number of aryl methyl sites for hydroxylation is 1. The van der Waals surface area contributed by atoms with E-state index >= 15 is 4.79 Å². The van der Waals surface area contributed by atoms with Gasteiger partial charge in [0.1, 0.15) is 18.6 Å². The van der Waals surface area contributed by atoms with Gasteiger partial charge >= 0.3 is 17.9 Å². The second-order valence-electron chi connectivity index (χ2n) is 17.5. The number of unbranched alkanes of at least 4 members (excludes halogenated alkanes) is 4. The lowest BCUT2D eigenvalue weighted by molar-refractivity contribution is -0.186. The molecule has 338 valence electrons. The predicted octanol–water partition coefficient (Wildman–Crippen LogP) is 5.97. The summed E-state index contributed by atoms with van der Waals surface area (Å²) in [5.74, 6) is 0.939. The van der Waals surface area contributed by atoms with Crippen molar-refractivity contribution < 1.29 is 57.8 Å². The number of methoxy groups -OCH3 is 2. The molecule has 2 fully saturated rings. The van der Waals surface area contributed by atoms with Crippen LogP contribution in [0.15, 0.2) is 18.2 Å². The average Bonchev–Trinajstić information content (AvgIpc) is 3.75. The SMILES string of the molecule is CCCCCCCC(=O)Oc1cc2c(cc1OC)[C@@]1(CS[C@@H]3c4c(OC(C)=O)c(C)c5c(c4[C@H](COC1=O)N1C3C3c4c(cc(C)c(OC)c4O)C[C@@H]([C@@H]1O)N3C)OCO5)NCC2. The summed E-state index contributed by atoms with van der Waals surface area (Å²) < 4.78 is 42.5. The molecule has 0 amide bonds. The van der Waals surface area contributed by atoms with Crippen molar-refractivity contribution in [2.24, 2.45) is 0 Å². The lowest BCUT2D eigenvalue weighted by Gasteiger charge is -2.62. The van der Waals surface area contributed by atoms with Gasteiger partial charge in [0, 0.05) is 53.9 Å². The van der Waals surface area contributed by atoms with Gasteiger partial charge in [0.2, 0.25) is 6.79 Å². The first-order valence-electron chi connectivity index (χ1n) is 22.0. The van der Waals surface area contributed by atoms with Gasteiger partial charge < -0.3 is 43.4 Å². The Bertz CT molecular complexity index is 2360. The van der Waals surface area contributed by atoms with Crippen molar-refractivity contribution in [1.82, 2.24) is 15.1 Å². The quantitative estimate of drug-likeness (QED) is 0.123. The number of likely N-dealkylation sites (N-methyl/N-ethyl adjacent to an activating group) is 1. The molecule has 0 aromatic heterocycles. The number of phenolic OH excluding ortho intramolecular Hbond substituents is 1. The molecule has 3 aromatic rings. The van der Waals surface area contributed by atoms with Gasteiger partial charge in [-0.05, 0) is 74.5 Å². The van der Waals surface area contributed by atoms with Crippen LogP contribution in [-0.4, -0.2) is 103 Å². The van der Waals surface area contributed by atoms with E-state index in [1.54, 1.807) is 12.1 Å². The van der Waals surface area contributed by atoms with Crippen molar-refractivity contribution in [3.63, 3.8) is 0 Å². The molecule has 7 aliphatic rings. The Balaban J connectivity index is 1.20. The Morgan fingerprint density at radius 3 is 2.48 bits per heavy atom. The minimum atomic E-state index is -1.41. The van der Waals surface area contributed by atoms with Gasteiger partial charge in [-0.1, -0.05) is 38.7 Å². The second-order valence-corrected chi connectivity index (χ2v) is 18.7. The van der Waals surface area contributed by atoms with E-state index in [1.807, 2.05) is 31.9 Å². The van der Waals surface area contributed by atoms with Gasteiger partial charge in [0.25, 0.3) is 0 Å². The fraction of sp³-hybridized carbons (Fsp3) is 0.553. The number of aliphatic hydroxyl groups excluding tert-OH is 1. The molecule has 2 unspecified atom stereocenters. The zero-order valence-electron chi connectivity index (χ0n) is 37.0. The zero-order chi connectivity index (χ0) is 44.5. The predicted molar refractivity (Wildman–Crippen MR) is 232 cm³/mol. The Hall–Kier alpha value is -4.74. The number of fused-ring (bicyclic) bond motifs is 9. The Morgan fingerprint density at radius 2 is 1.73 bits per heavy atom. The Kier molecular flexibility index (Phi) is 11.7. The van der Waals surface area contributed by atoms with E-state index in [0.29, 0.717) is 81.7 Å². The fourth-order valence-corrected chi connectivity index (χ4v) is 12.8. The van der Waals surface area contributed by atoms with E-state index in [2.05, 4.69) is 17.1 Å². The molecule has 4 bridgehead atoms. The molecule has 2 saturated heterocycles. The number of ether oxygens (including phenoxy) is 7. The van der Waals surface area contributed by atoms with E-state index in [-0.39, 0.29) is 37.3 Å².